The summed E-state index contributed by atoms with van der Waals surface area (Å²) in [5, 5.41) is 10.8. The van der Waals surface area contributed by atoms with E-state index in [2.05, 4.69) is 25.7 Å². The van der Waals surface area contributed by atoms with Gasteiger partial charge in [-0.25, -0.2) is 4.98 Å². The van der Waals surface area contributed by atoms with Crippen LogP contribution in [0.5, 0.6) is 0 Å². The quantitative estimate of drug-likeness (QED) is 0.510. The Kier molecular flexibility index (Phi) is 6.19. The number of amides is 1. The third-order valence-electron chi connectivity index (χ3n) is 6.04. The van der Waals surface area contributed by atoms with Crippen molar-refractivity contribution in [3.05, 3.63) is 41.2 Å². The highest BCUT2D eigenvalue weighted by Gasteiger charge is 2.39. The van der Waals surface area contributed by atoms with Crippen LogP contribution < -0.4 is 16.4 Å². The molecule has 1 fully saturated rings. The molecule has 3 heterocycles. The molecule has 0 spiro atoms. The molecule has 33 heavy (non-hydrogen) atoms. The van der Waals surface area contributed by atoms with Gasteiger partial charge in [-0.1, -0.05) is 12.8 Å². The fraction of sp³-hybridized carbons (Fsp3) is 0.429. The van der Waals surface area contributed by atoms with Crippen LogP contribution in [0.1, 0.15) is 54.5 Å². The van der Waals surface area contributed by atoms with Gasteiger partial charge in [0.2, 0.25) is 11.9 Å². The maximum absolute atomic E-state index is 13.3. The number of hydrogen-bond acceptors (Lipinski definition) is 6. The van der Waals surface area contributed by atoms with E-state index in [1.807, 2.05) is 10.9 Å². The minimum absolute atomic E-state index is 0. The summed E-state index contributed by atoms with van der Waals surface area (Å²) in [5.74, 6) is -1.20. The molecule has 1 aromatic carbocycles. The van der Waals surface area contributed by atoms with Gasteiger partial charge in [-0.3, -0.25) is 9.48 Å². The maximum Gasteiger partial charge on any atom is 0.416 e. The van der Waals surface area contributed by atoms with Crippen molar-refractivity contribution < 1.29 is 18.0 Å². The number of nitrogens with two attached hydrogens (primary N) is 1. The predicted molar refractivity (Wildman–Crippen MR) is 120 cm³/mol. The molecule has 8 nitrogen and oxygen atoms in total. The first-order valence-corrected chi connectivity index (χ1v) is 10.6. The summed E-state index contributed by atoms with van der Waals surface area (Å²) in [5.41, 5.74) is 6.07. The second-order valence-electron chi connectivity index (χ2n) is 8.15. The van der Waals surface area contributed by atoms with Crippen LogP contribution in [-0.4, -0.2) is 38.7 Å². The standard InChI is InChI=1S/C21H22F3N7O.ClH/c22-21(23,24)11-5-6-15-13(9-11)16(19(32)27-15)17-14-10-31(12-3-1-2-4-12)30-18(14)29-20(28-17)26-8-7-25;/h5-6,9-10,12,16H,1-4,7-8,25H2,(H,27,32)(H,26,29,30);1H. The van der Waals surface area contributed by atoms with Crippen molar-refractivity contribution >= 4 is 41.0 Å². The van der Waals surface area contributed by atoms with Crippen LogP contribution in [0.4, 0.5) is 24.8 Å². The highest BCUT2D eigenvalue weighted by Crippen LogP contribution is 2.42. The van der Waals surface area contributed by atoms with E-state index in [9.17, 15) is 18.0 Å². The van der Waals surface area contributed by atoms with Crippen molar-refractivity contribution in [2.24, 2.45) is 5.73 Å². The molecule has 12 heteroatoms. The summed E-state index contributed by atoms with van der Waals surface area (Å²) in [6.45, 7) is 0.745. The van der Waals surface area contributed by atoms with Crippen LogP contribution in [0, 0.1) is 0 Å². The van der Waals surface area contributed by atoms with E-state index in [-0.39, 0.29) is 30.0 Å². The lowest BCUT2D eigenvalue weighted by Gasteiger charge is -2.13. The Morgan fingerprint density at radius 3 is 2.67 bits per heavy atom. The van der Waals surface area contributed by atoms with Gasteiger partial charge in [0.05, 0.1) is 22.7 Å². The van der Waals surface area contributed by atoms with Gasteiger partial charge in [0, 0.05) is 25.0 Å². The largest absolute Gasteiger partial charge is 0.416 e. The number of rotatable bonds is 5. The first kappa shape index (κ1) is 23.2. The van der Waals surface area contributed by atoms with Crippen LogP contribution in [-0.2, 0) is 11.0 Å². The molecule has 1 atom stereocenters. The molecule has 1 unspecified atom stereocenters. The van der Waals surface area contributed by atoms with Gasteiger partial charge in [-0.15, -0.1) is 12.4 Å². The molecule has 1 amide bonds. The minimum Gasteiger partial charge on any atom is -0.353 e. The number of nitrogens with zero attached hydrogens (tertiary/aromatic N) is 4. The number of aromatic nitrogens is 4. The van der Waals surface area contributed by atoms with Gasteiger partial charge in [0.1, 0.15) is 5.92 Å². The fourth-order valence-corrected chi connectivity index (χ4v) is 4.49. The zero-order valence-corrected chi connectivity index (χ0v) is 18.3. The lowest BCUT2D eigenvalue weighted by Crippen LogP contribution is -2.18. The second-order valence-corrected chi connectivity index (χ2v) is 8.15. The molecular weight excluding hydrogens is 459 g/mol. The molecule has 1 aliphatic heterocycles. The van der Waals surface area contributed by atoms with E-state index in [0.29, 0.717) is 35.5 Å². The summed E-state index contributed by atoms with van der Waals surface area (Å²) in [6.07, 6.45) is 1.51. The Labute approximate surface area is 193 Å². The molecule has 176 valence electrons. The van der Waals surface area contributed by atoms with Gasteiger partial charge < -0.3 is 16.4 Å². The molecule has 0 bridgehead atoms. The van der Waals surface area contributed by atoms with E-state index in [1.54, 1.807) is 0 Å². The van der Waals surface area contributed by atoms with E-state index in [4.69, 9.17) is 5.73 Å². The number of halogens is 4. The van der Waals surface area contributed by atoms with E-state index in [0.717, 1.165) is 37.8 Å². The molecule has 0 saturated heterocycles. The summed E-state index contributed by atoms with van der Waals surface area (Å²) in [6, 6.07) is 3.49. The monoisotopic (exact) mass is 481 g/mol. The predicted octanol–water partition coefficient (Wildman–Crippen LogP) is 3.84. The van der Waals surface area contributed by atoms with Crippen molar-refractivity contribution in [1.29, 1.82) is 0 Å². The Bertz CT molecular complexity index is 1190. The highest BCUT2D eigenvalue weighted by molar-refractivity contribution is 6.06. The normalized spacial score (nSPS) is 18.3. The summed E-state index contributed by atoms with van der Waals surface area (Å²) in [7, 11) is 0. The lowest BCUT2D eigenvalue weighted by molar-refractivity contribution is -0.137. The van der Waals surface area contributed by atoms with E-state index >= 15 is 0 Å². The third-order valence-corrected chi connectivity index (χ3v) is 6.04. The number of carbonyl (C=O) groups is 1. The summed E-state index contributed by atoms with van der Waals surface area (Å²) >= 11 is 0. The molecule has 0 radical (unpaired) electrons. The highest BCUT2D eigenvalue weighted by atomic mass is 35.5. The molecule has 1 aliphatic carbocycles. The molecule has 2 aromatic heterocycles. The zero-order chi connectivity index (χ0) is 22.5. The molecule has 3 aromatic rings. The van der Waals surface area contributed by atoms with Gasteiger partial charge >= 0.3 is 6.18 Å². The number of anilines is 2. The third kappa shape index (κ3) is 4.22. The van der Waals surface area contributed by atoms with Gasteiger partial charge in [0.25, 0.3) is 0 Å². The number of alkyl halides is 3. The Balaban J connectivity index is 0.00000259. The molecule has 1 saturated carbocycles. The number of carbonyl (C=O) groups excluding carboxylic acids is 1. The Hall–Kier alpha value is -2.92. The van der Waals surface area contributed by atoms with E-state index < -0.39 is 23.6 Å². The van der Waals surface area contributed by atoms with E-state index in [1.165, 1.54) is 6.07 Å². The molecule has 5 rings (SSSR count). The number of benzene rings is 1. The first-order chi connectivity index (χ1) is 15.3. The molecular formula is C21H23ClF3N7O. The van der Waals surface area contributed by atoms with Gasteiger partial charge in [-0.05, 0) is 36.6 Å². The number of fused-ring (bicyclic) bond motifs is 2. The Morgan fingerprint density at radius 2 is 1.97 bits per heavy atom. The van der Waals surface area contributed by atoms with Gasteiger partial charge in [-0.2, -0.15) is 23.3 Å². The average molecular weight is 482 g/mol. The minimum atomic E-state index is -4.52. The van der Waals surface area contributed by atoms with Crippen molar-refractivity contribution in [3.8, 4) is 0 Å². The van der Waals surface area contributed by atoms with Crippen molar-refractivity contribution in [3.63, 3.8) is 0 Å². The fourth-order valence-electron chi connectivity index (χ4n) is 4.49. The average Bonchev–Trinajstić information content (AvgIpc) is 3.47. The maximum atomic E-state index is 13.3. The molecule has 4 N–H and O–H groups in total. The smallest absolute Gasteiger partial charge is 0.353 e. The molecule has 2 aliphatic rings. The van der Waals surface area contributed by atoms with Crippen LogP contribution in [0.3, 0.4) is 0 Å². The van der Waals surface area contributed by atoms with Crippen molar-refractivity contribution in [2.75, 3.05) is 23.7 Å². The first-order valence-electron chi connectivity index (χ1n) is 10.6. The van der Waals surface area contributed by atoms with Crippen LogP contribution >= 0.6 is 12.4 Å². The SMILES string of the molecule is Cl.NCCNc1nc(C2C(=O)Nc3ccc(C(F)(F)F)cc32)c2cn(C3CCCC3)nc2n1. The van der Waals surface area contributed by atoms with Crippen molar-refractivity contribution in [1.82, 2.24) is 19.7 Å². The second kappa shape index (κ2) is 8.79. The summed E-state index contributed by atoms with van der Waals surface area (Å²) < 4.78 is 41.9. The Morgan fingerprint density at radius 1 is 1.21 bits per heavy atom. The number of nitrogens with one attached hydrogen (secondary N) is 2. The van der Waals surface area contributed by atoms with Gasteiger partial charge in [0.15, 0.2) is 5.65 Å². The van der Waals surface area contributed by atoms with Crippen LogP contribution in [0.15, 0.2) is 24.4 Å². The number of hydrogen-bond donors (Lipinski definition) is 3. The van der Waals surface area contributed by atoms with Crippen LogP contribution in [0.25, 0.3) is 11.0 Å². The van der Waals surface area contributed by atoms with Crippen LogP contribution in [0.2, 0.25) is 0 Å². The zero-order valence-electron chi connectivity index (χ0n) is 17.5. The summed E-state index contributed by atoms with van der Waals surface area (Å²) in [4.78, 5) is 21.9. The lowest BCUT2D eigenvalue weighted by atomic mass is 9.94. The topological polar surface area (TPSA) is 111 Å². The van der Waals surface area contributed by atoms with Crippen molar-refractivity contribution in [2.45, 2.75) is 43.8 Å².